The van der Waals surface area contributed by atoms with Crippen molar-refractivity contribution in [3.63, 3.8) is 0 Å². The van der Waals surface area contributed by atoms with Crippen molar-refractivity contribution in [2.45, 2.75) is 0 Å². The van der Waals surface area contributed by atoms with Crippen molar-refractivity contribution in [2.75, 3.05) is 11.9 Å². The normalized spacial score (nSPS) is 13.9. The average molecular weight is 466 g/mol. The van der Waals surface area contributed by atoms with Crippen molar-refractivity contribution >= 4 is 51.5 Å². The Morgan fingerprint density at radius 1 is 1.27 bits per heavy atom. The maximum Gasteiger partial charge on any atom is 0.277 e. The van der Waals surface area contributed by atoms with E-state index in [4.69, 9.17) is 4.74 Å². The van der Waals surface area contributed by atoms with E-state index in [-0.39, 0.29) is 18.0 Å². The summed E-state index contributed by atoms with van der Waals surface area (Å²) < 4.78 is 6.16. The highest BCUT2D eigenvalue weighted by molar-refractivity contribution is 14.1. The van der Waals surface area contributed by atoms with Gasteiger partial charge in [-0.25, -0.2) is 5.43 Å². The highest BCUT2D eigenvalue weighted by atomic mass is 127. The van der Waals surface area contributed by atoms with Crippen molar-refractivity contribution in [3.8, 4) is 5.75 Å². The fourth-order valence-electron chi connectivity index (χ4n) is 2.20. The van der Waals surface area contributed by atoms with E-state index in [0.29, 0.717) is 17.0 Å². The first-order chi connectivity index (χ1) is 12.4. The van der Waals surface area contributed by atoms with Crippen LogP contribution in [0.5, 0.6) is 5.75 Å². The van der Waals surface area contributed by atoms with Crippen LogP contribution in [0.1, 0.15) is 5.56 Å². The van der Waals surface area contributed by atoms with Crippen LogP contribution in [0.4, 0.5) is 11.4 Å². The minimum absolute atomic E-state index is 0.0752. The summed E-state index contributed by atoms with van der Waals surface area (Å²) >= 11 is 2.11. The molecule has 2 aromatic carbocycles. The predicted molar refractivity (Wildman–Crippen MR) is 101 cm³/mol. The third-order valence-corrected chi connectivity index (χ3v) is 4.08. The van der Waals surface area contributed by atoms with E-state index >= 15 is 0 Å². The fourth-order valence-corrected chi connectivity index (χ4v) is 2.69. The third kappa shape index (κ3) is 3.96. The first-order valence-corrected chi connectivity index (χ1v) is 8.37. The molecule has 0 aromatic heterocycles. The molecule has 1 aliphatic heterocycles. The summed E-state index contributed by atoms with van der Waals surface area (Å²) in [5.74, 6) is -0.668. The second kappa shape index (κ2) is 7.47. The highest BCUT2D eigenvalue weighted by Crippen LogP contribution is 2.25. The summed E-state index contributed by atoms with van der Waals surface area (Å²) in [7, 11) is 0. The standard InChI is InChI=1S/C16H11IN4O5/c17-9-1-6-13-12(7-9)15(16(23)18-13)20-19-14(22)8-26-11-4-2-10(3-5-11)21(24)25/h1-7H,8H2,(H,19,22)(H,18,20,23). The summed E-state index contributed by atoms with van der Waals surface area (Å²) in [5, 5.41) is 17.1. The van der Waals surface area contributed by atoms with Crippen LogP contribution in [-0.4, -0.2) is 29.1 Å². The van der Waals surface area contributed by atoms with Crippen LogP contribution in [0.15, 0.2) is 47.6 Å². The lowest BCUT2D eigenvalue weighted by Gasteiger charge is -2.05. The molecule has 0 saturated carbocycles. The van der Waals surface area contributed by atoms with E-state index in [1.54, 1.807) is 12.1 Å². The summed E-state index contributed by atoms with van der Waals surface area (Å²) in [6.45, 7) is -0.352. The van der Waals surface area contributed by atoms with Gasteiger partial charge in [0.05, 0.1) is 10.6 Å². The Morgan fingerprint density at radius 2 is 2.00 bits per heavy atom. The van der Waals surface area contributed by atoms with Crippen molar-refractivity contribution < 1.29 is 19.2 Å². The van der Waals surface area contributed by atoms with Crippen LogP contribution >= 0.6 is 22.6 Å². The van der Waals surface area contributed by atoms with Gasteiger partial charge in [0.2, 0.25) is 0 Å². The number of amides is 2. The van der Waals surface area contributed by atoms with Crippen molar-refractivity contribution in [1.82, 2.24) is 5.43 Å². The molecule has 9 nitrogen and oxygen atoms in total. The lowest BCUT2D eigenvalue weighted by molar-refractivity contribution is -0.384. The van der Waals surface area contributed by atoms with E-state index in [9.17, 15) is 19.7 Å². The van der Waals surface area contributed by atoms with Gasteiger partial charge in [0.1, 0.15) is 5.75 Å². The van der Waals surface area contributed by atoms with Crippen LogP contribution in [0, 0.1) is 13.7 Å². The number of rotatable bonds is 5. The number of carbonyl (C=O) groups excluding carboxylic acids is 2. The van der Waals surface area contributed by atoms with Gasteiger partial charge < -0.3 is 10.1 Å². The number of hydrazone groups is 1. The molecule has 2 amide bonds. The Kier molecular flexibility index (Phi) is 5.11. The number of hydrogen-bond acceptors (Lipinski definition) is 6. The molecule has 1 aliphatic rings. The summed E-state index contributed by atoms with van der Waals surface area (Å²) in [6.07, 6.45) is 0. The van der Waals surface area contributed by atoms with Crippen molar-refractivity contribution in [1.29, 1.82) is 0 Å². The van der Waals surface area contributed by atoms with E-state index in [2.05, 4.69) is 38.4 Å². The molecule has 132 valence electrons. The molecular formula is C16H11IN4O5. The number of hydrogen-bond donors (Lipinski definition) is 2. The Labute approximate surface area is 160 Å². The molecule has 0 aliphatic carbocycles. The Bertz CT molecular complexity index is 927. The number of nitro groups is 1. The van der Waals surface area contributed by atoms with E-state index in [1.165, 1.54) is 24.3 Å². The Hall–Kier alpha value is -3.02. The SMILES string of the molecule is O=C(COc1ccc([N+](=O)[O-])cc1)N/N=C1/C(=O)Nc2ccc(I)cc21. The molecule has 0 atom stereocenters. The zero-order valence-electron chi connectivity index (χ0n) is 13.1. The molecule has 3 rings (SSSR count). The molecule has 0 unspecified atom stereocenters. The van der Waals surface area contributed by atoms with Gasteiger partial charge in [0.25, 0.3) is 17.5 Å². The highest BCUT2D eigenvalue weighted by Gasteiger charge is 2.26. The molecule has 26 heavy (non-hydrogen) atoms. The lowest BCUT2D eigenvalue weighted by atomic mass is 10.1. The molecule has 2 aromatic rings. The number of nitrogens with zero attached hydrogens (tertiary/aromatic N) is 2. The number of nitrogens with one attached hydrogen (secondary N) is 2. The molecule has 10 heteroatoms. The number of halogens is 1. The maximum absolute atomic E-state index is 11.9. The number of carbonyl (C=O) groups is 2. The van der Waals surface area contributed by atoms with E-state index in [0.717, 1.165) is 3.57 Å². The van der Waals surface area contributed by atoms with E-state index < -0.39 is 16.7 Å². The number of ether oxygens (including phenoxy) is 1. The van der Waals surface area contributed by atoms with Gasteiger partial charge in [-0.3, -0.25) is 19.7 Å². The van der Waals surface area contributed by atoms with Crippen molar-refractivity contribution in [2.24, 2.45) is 5.10 Å². The zero-order valence-corrected chi connectivity index (χ0v) is 15.2. The summed E-state index contributed by atoms with van der Waals surface area (Å²) in [6, 6.07) is 10.7. The second-order valence-electron chi connectivity index (χ2n) is 5.18. The number of benzene rings is 2. The first-order valence-electron chi connectivity index (χ1n) is 7.29. The lowest BCUT2D eigenvalue weighted by Crippen LogP contribution is -2.27. The minimum Gasteiger partial charge on any atom is -0.484 e. The van der Waals surface area contributed by atoms with Crippen LogP contribution in [0.25, 0.3) is 0 Å². The van der Waals surface area contributed by atoms with Crippen molar-refractivity contribution in [3.05, 3.63) is 61.7 Å². The average Bonchev–Trinajstić information content (AvgIpc) is 2.93. The summed E-state index contributed by atoms with van der Waals surface area (Å²) in [4.78, 5) is 33.8. The van der Waals surface area contributed by atoms with Crippen LogP contribution < -0.4 is 15.5 Å². The quantitative estimate of drug-likeness (QED) is 0.397. The van der Waals surface area contributed by atoms with Gasteiger partial charge >= 0.3 is 0 Å². The van der Waals surface area contributed by atoms with Gasteiger partial charge in [-0.1, -0.05) is 0 Å². The number of anilines is 1. The van der Waals surface area contributed by atoms with Crippen LogP contribution in [0.2, 0.25) is 0 Å². The smallest absolute Gasteiger partial charge is 0.277 e. The molecule has 0 radical (unpaired) electrons. The number of fused-ring (bicyclic) bond motifs is 1. The number of nitro benzene ring substituents is 1. The molecule has 0 fully saturated rings. The zero-order chi connectivity index (χ0) is 18.7. The molecule has 1 heterocycles. The monoisotopic (exact) mass is 466 g/mol. The first kappa shape index (κ1) is 17.8. The Balaban J connectivity index is 1.60. The van der Waals surface area contributed by atoms with Gasteiger partial charge in [0.15, 0.2) is 12.3 Å². The van der Waals surface area contributed by atoms with Crippen LogP contribution in [-0.2, 0) is 9.59 Å². The molecule has 0 bridgehead atoms. The Morgan fingerprint density at radius 3 is 2.69 bits per heavy atom. The number of non-ortho nitro benzene ring substituents is 1. The molecular weight excluding hydrogens is 455 g/mol. The largest absolute Gasteiger partial charge is 0.484 e. The maximum atomic E-state index is 11.9. The van der Waals surface area contributed by atoms with E-state index in [1.807, 2.05) is 6.07 Å². The van der Waals surface area contributed by atoms with Gasteiger partial charge in [-0.2, -0.15) is 5.10 Å². The summed E-state index contributed by atoms with van der Waals surface area (Å²) in [5.41, 5.74) is 3.55. The molecule has 2 N–H and O–H groups in total. The van der Waals surface area contributed by atoms with Gasteiger partial charge in [-0.15, -0.1) is 0 Å². The predicted octanol–water partition coefficient (Wildman–Crippen LogP) is 2.05. The van der Waals surface area contributed by atoms with Crippen LogP contribution in [0.3, 0.4) is 0 Å². The molecule has 0 saturated heterocycles. The van der Waals surface area contributed by atoms with Gasteiger partial charge in [-0.05, 0) is 52.9 Å². The molecule has 0 spiro atoms. The van der Waals surface area contributed by atoms with Gasteiger partial charge in [0, 0.05) is 21.3 Å². The topological polar surface area (TPSA) is 123 Å². The third-order valence-electron chi connectivity index (χ3n) is 3.41. The second-order valence-corrected chi connectivity index (χ2v) is 6.42. The minimum atomic E-state index is -0.567. The fraction of sp³-hybridized carbons (Fsp3) is 0.0625.